The fraction of sp³-hybridized carbons (Fsp3) is 0.250. The van der Waals surface area contributed by atoms with E-state index in [1.165, 1.54) is 0 Å². The number of amides is 1. The molecule has 0 aliphatic heterocycles. The highest BCUT2D eigenvalue weighted by Crippen LogP contribution is 2.23. The molecule has 0 bridgehead atoms. The molecule has 0 atom stereocenters. The van der Waals surface area contributed by atoms with Gasteiger partial charge in [-0.3, -0.25) is 14.5 Å². The predicted octanol–water partition coefficient (Wildman–Crippen LogP) is 5.04. The van der Waals surface area contributed by atoms with Crippen molar-refractivity contribution in [2.24, 2.45) is 0 Å². The fourth-order valence-electron chi connectivity index (χ4n) is 3.79. The maximum Gasteiger partial charge on any atom is 0.251 e. The number of carbonyl (C=O) groups is 1. The van der Waals surface area contributed by atoms with Crippen LogP contribution in [0, 0.1) is 0 Å². The van der Waals surface area contributed by atoms with E-state index in [1.807, 2.05) is 59.4 Å². The van der Waals surface area contributed by atoms with Gasteiger partial charge < -0.3 is 15.7 Å². The van der Waals surface area contributed by atoms with E-state index in [1.54, 1.807) is 18.3 Å². The van der Waals surface area contributed by atoms with E-state index in [9.17, 15) is 9.90 Å². The Morgan fingerprint density at radius 2 is 1.86 bits per heavy atom. The van der Waals surface area contributed by atoms with Crippen molar-refractivity contribution < 1.29 is 9.90 Å². The summed E-state index contributed by atoms with van der Waals surface area (Å²) in [5, 5.41) is 20.6. The summed E-state index contributed by atoms with van der Waals surface area (Å²) >= 11 is 0. The van der Waals surface area contributed by atoms with Crippen LogP contribution in [0.4, 0.5) is 5.69 Å². The summed E-state index contributed by atoms with van der Waals surface area (Å²) in [7, 11) is 0. The zero-order valence-electron chi connectivity index (χ0n) is 19.9. The number of phenols is 1. The Bertz CT molecular complexity index is 1220. The van der Waals surface area contributed by atoms with E-state index in [-0.39, 0.29) is 11.7 Å². The first-order chi connectivity index (χ1) is 17.1. The Morgan fingerprint density at radius 3 is 2.57 bits per heavy atom. The lowest BCUT2D eigenvalue weighted by molar-refractivity contribution is 0.0954. The molecule has 2 aromatic carbocycles. The van der Waals surface area contributed by atoms with Crippen LogP contribution in [0.15, 0.2) is 79.3 Å². The monoisotopic (exact) mass is 469 g/mol. The van der Waals surface area contributed by atoms with Crippen molar-refractivity contribution in [1.29, 1.82) is 0 Å². The van der Waals surface area contributed by atoms with Crippen LogP contribution in [-0.2, 0) is 19.5 Å². The molecule has 0 aliphatic rings. The molecule has 0 spiro atoms. The van der Waals surface area contributed by atoms with Gasteiger partial charge in [0.1, 0.15) is 5.75 Å². The van der Waals surface area contributed by atoms with Gasteiger partial charge in [-0.2, -0.15) is 5.10 Å². The predicted molar refractivity (Wildman–Crippen MR) is 138 cm³/mol. The van der Waals surface area contributed by atoms with Crippen LogP contribution in [0.25, 0.3) is 11.3 Å². The SMILES string of the molecule is CCCCn1cc(CNc2ccc(C(=O)NCCc3ccc(O)cc3)cc2)c(-c2cccnc2)n1. The lowest BCUT2D eigenvalue weighted by atomic mass is 10.1. The fourth-order valence-corrected chi connectivity index (χ4v) is 3.79. The van der Waals surface area contributed by atoms with Gasteiger partial charge in [-0.05, 0) is 66.9 Å². The minimum absolute atomic E-state index is 0.105. The second kappa shape index (κ2) is 11.8. The van der Waals surface area contributed by atoms with E-state index in [2.05, 4.69) is 28.7 Å². The molecule has 0 radical (unpaired) electrons. The van der Waals surface area contributed by atoms with Crippen LogP contribution in [0.3, 0.4) is 0 Å². The Labute approximate surface area is 205 Å². The summed E-state index contributed by atoms with van der Waals surface area (Å²) in [6.07, 6.45) is 8.61. The summed E-state index contributed by atoms with van der Waals surface area (Å²) in [6.45, 7) is 4.21. The third kappa shape index (κ3) is 6.69. The van der Waals surface area contributed by atoms with Gasteiger partial charge in [0, 0.05) is 60.6 Å². The molecule has 1 amide bonds. The highest BCUT2D eigenvalue weighted by molar-refractivity contribution is 5.94. The number of aryl methyl sites for hydroxylation is 1. The summed E-state index contributed by atoms with van der Waals surface area (Å²) in [4.78, 5) is 16.7. The number of carbonyl (C=O) groups excluding carboxylic acids is 1. The van der Waals surface area contributed by atoms with Gasteiger partial charge in [-0.1, -0.05) is 25.5 Å². The molecule has 3 N–H and O–H groups in total. The number of phenolic OH excluding ortho intramolecular Hbond substituents is 1. The second-order valence-corrected chi connectivity index (χ2v) is 8.46. The normalized spacial score (nSPS) is 10.8. The van der Waals surface area contributed by atoms with Crippen molar-refractivity contribution in [3.05, 3.63) is 95.9 Å². The van der Waals surface area contributed by atoms with Crippen molar-refractivity contribution in [2.45, 2.75) is 39.3 Å². The van der Waals surface area contributed by atoms with Crippen LogP contribution in [0.2, 0.25) is 0 Å². The third-order valence-electron chi connectivity index (χ3n) is 5.78. The van der Waals surface area contributed by atoms with Crippen LogP contribution in [-0.4, -0.2) is 32.3 Å². The Hall–Kier alpha value is -4.13. The molecular formula is C28H31N5O2. The molecule has 0 unspecified atom stereocenters. The van der Waals surface area contributed by atoms with E-state index in [0.29, 0.717) is 25.1 Å². The summed E-state index contributed by atoms with van der Waals surface area (Å²) < 4.78 is 2.01. The standard InChI is InChI=1S/C28H31N5O2/c1-2-3-17-33-20-24(27(32-33)23-5-4-15-29-18-23)19-31-25-10-8-22(9-11-25)28(35)30-16-14-21-6-12-26(34)13-7-21/h4-13,15,18,20,31,34H,2-3,14,16-17,19H2,1H3,(H,30,35). The first-order valence-corrected chi connectivity index (χ1v) is 12.0. The average molecular weight is 470 g/mol. The van der Waals surface area contributed by atoms with Crippen molar-refractivity contribution in [3.8, 4) is 17.0 Å². The Balaban J connectivity index is 1.34. The summed E-state index contributed by atoms with van der Waals surface area (Å²) in [5.74, 6) is 0.136. The zero-order valence-corrected chi connectivity index (χ0v) is 19.9. The molecule has 0 aliphatic carbocycles. The number of aromatic nitrogens is 3. The number of anilines is 1. The molecule has 4 aromatic rings. The maximum atomic E-state index is 12.5. The van der Waals surface area contributed by atoms with Gasteiger partial charge in [0.15, 0.2) is 0 Å². The molecule has 0 saturated heterocycles. The number of hydrogen-bond donors (Lipinski definition) is 3. The van der Waals surface area contributed by atoms with Crippen LogP contribution >= 0.6 is 0 Å². The summed E-state index contributed by atoms with van der Waals surface area (Å²) in [6, 6.07) is 18.4. The molecule has 2 aromatic heterocycles. The minimum atomic E-state index is -0.105. The smallest absolute Gasteiger partial charge is 0.251 e. The first kappa shape index (κ1) is 24.0. The minimum Gasteiger partial charge on any atom is -0.508 e. The van der Waals surface area contributed by atoms with Crippen molar-refractivity contribution in [3.63, 3.8) is 0 Å². The maximum absolute atomic E-state index is 12.5. The number of rotatable bonds is 11. The molecule has 7 nitrogen and oxygen atoms in total. The molecule has 4 rings (SSSR count). The quantitative estimate of drug-likeness (QED) is 0.286. The molecule has 180 valence electrons. The molecule has 35 heavy (non-hydrogen) atoms. The van der Waals surface area contributed by atoms with Gasteiger partial charge in [0.05, 0.1) is 5.69 Å². The number of aromatic hydroxyl groups is 1. The highest BCUT2D eigenvalue weighted by Gasteiger charge is 2.12. The largest absolute Gasteiger partial charge is 0.508 e. The molecule has 7 heteroatoms. The first-order valence-electron chi connectivity index (χ1n) is 12.0. The number of pyridine rings is 1. The van der Waals surface area contributed by atoms with E-state index in [4.69, 9.17) is 5.10 Å². The van der Waals surface area contributed by atoms with Crippen molar-refractivity contribution >= 4 is 11.6 Å². The molecular weight excluding hydrogens is 438 g/mol. The van der Waals surface area contributed by atoms with Gasteiger partial charge in [-0.25, -0.2) is 0 Å². The van der Waals surface area contributed by atoms with Crippen molar-refractivity contribution in [2.75, 3.05) is 11.9 Å². The van der Waals surface area contributed by atoms with Gasteiger partial charge >= 0.3 is 0 Å². The van der Waals surface area contributed by atoms with Crippen molar-refractivity contribution in [1.82, 2.24) is 20.1 Å². The Morgan fingerprint density at radius 1 is 1.06 bits per heavy atom. The number of nitrogens with one attached hydrogen (secondary N) is 2. The van der Waals surface area contributed by atoms with Crippen LogP contribution < -0.4 is 10.6 Å². The van der Waals surface area contributed by atoms with Crippen LogP contribution in [0.5, 0.6) is 5.75 Å². The lowest BCUT2D eigenvalue weighted by Gasteiger charge is -2.09. The van der Waals surface area contributed by atoms with Gasteiger partial charge in [0.2, 0.25) is 0 Å². The van der Waals surface area contributed by atoms with Gasteiger partial charge in [0.25, 0.3) is 5.91 Å². The van der Waals surface area contributed by atoms with Gasteiger partial charge in [-0.15, -0.1) is 0 Å². The zero-order chi connectivity index (χ0) is 24.5. The Kier molecular flexibility index (Phi) is 8.12. The molecule has 2 heterocycles. The molecule has 0 fully saturated rings. The van der Waals surface area contributed by atoms with E-state index < -0.39 is 0 Å². The van der Waals surface area contributed by atoms with E-state index in [0.717, 1.165) is 47.5 Å². The van der Waals surface area contributed by atoms with E-state index >= 15 is 0 Å². The number of benzene rings is 2. The number of hydrogen-bond acceptors (Lipinski definition) is 5. The van der Waals surface area contributed by atoms with Crippen LogP contribution in [0.1, 0.15) is 41.3 Å². The topological polar surface area (TPSA) is 92.1 Å². The lowest BCUT2D eigenvalue weighted by Crippen LogP contribution is -2.25. The average Bonchev–Trinajstić information content (AvgIpc) is 3.31. The number of nitrogens with zero attached hydrogens (tertiary/aromatic N) is 3. The third-order valence-corrected chi connectivity index (χ3v) is 5.78. The summed E-state index contributed by atoms with van der Waals surface area (Å²) in [5.41, 5.74) is 5.65. The molecule has 0 saturated carbocycles. The highest BCUT2D eigenvalue weighted by atomic mass is 16.3. The second-order valence-electron chi connectivity index (χ2n) is 8.46. The number of unbranched alkanes of at least 4 members (excludes halogenated alkanes) is 1.